The molecule has 0 spiro atoms. The third-order valence-corrected chi connectivity index (χ3v) is 7.23. The van der Waals surface area contributed by atoms with Crippen molar-refractivity contribution in [3.63, 3.8) is 0 Å². The normalized spacial score (nSPS) is 17.7. The molecule has 0 aliphatic carbocycles. The lowest BCUT2D eigenvalue weighted by Crippen LogP contribution is -2.44. The van der Waals surface area contributed by atoms with Crippen LogP contribution >= 0.6 is 15.9 Å². The smallest absolute Gasteiger partial charge is 0.319 e. The van der Waals surface area contributed by atoms with Gasteiger partial charge in [0.15, 0.2) is 0 Å². The van der Waals surface area contributed by atoms with Gasteiger partial charge in [-0.05, 0) is 56.0 Å². The quantitative estimate of drug-likeness (QED) is 0.671. The van der Waals surface area contributed by atoms with Gasteiger partial charge in [0.2, 0.25) is 10.0 Å². The summed E-state index contributed by atoms with van der Waals surface area (Å²) in [5.41, 5.74) is 1.78. The van der Waals surface area contributed by atoms with Gasteiger partial charge in [0.1, 0.15) is 10.7 Å². The fourth-order valence-corrected chi connectivity index (χ4v) is 5.43. The first-order valence-corrected chi connectivity index (χ1v) is 11.6. The van der Waals surface area contributed by atoms with Gasteiger partial charge in [-0.25, -0.2) is 17.6 Å². The van der Waals surface area contributed by atoms with Crippen LogP contribution in [0.2, 0.25) is 0 Å². The van der Waals surface area contributed by atoms with Crippen molar-refractivity contribution in [3.8, 4) is 0 Å². The van der Waals surface area contributed by atoms with Crippen molar-refractivity contribution in [3.05, 3.63) is 58.3 Å². The number of carbonyl (C=O) groups excluding carboxylic acids is 1. The maximum atomic E-state index is 14.1. The van der Waals surface area contributed by atoms with Gasteiger partial charge in [0.05, 0.1) is 0 Å². The van der Waals surface area contributed by atoms with Crippen LogP contribution in [0, 0.1) is 18.7 Å². The van der Waals surface area contributed by atoms with Gasteiger partial charge in [-0.1, -0.05) is 33.6 Å². The lowest BCUT2D eigenvalue weighted by atomic mass is 10.00. The molecule has 1 aliphatic rings. The highest BCUT2D eigenvalue weighted by molar-refractivity contribution is 9.10. The van der Waals surface area contributed by atoms with E-state index in [9.17, 15) is 17.6 Å². The summed E-state index contributed by atoms with van der Waals surface area (Å²) in [7, 11) is -3.94. The number of benzene rings is 2. The largest absolute Gasteiger partial charge is 0.338 e. The number of sulfonamides is 1. The van der Waals surface area contributed by atoms with Gasteiger partial charge in [-0.15, -0.1) is 0 Å². The molecule has 1 heterocycles. The van der Waals surface area contributed by atoms with Crippen molar-refractivity contribution < 1.29 is 17.6 Å². The molecular formula is C20H23BrFN3O3S. The van der Waals surface area contributed by atoms with E-state index in [1.54, 1.807) is 0 Å². The molecule has 2 aromatic rings. The summed E-state index contributed by atoms with van der Waals surface area (Å²) in [5.74, 6) is -0.816. The first-order chi connectivity index (χ1) is 13.8. The van der Waals surface area contributed by atoms with Crippen LogP contribution in [-0.2, 0) is 10.0 Å². The average Bonchev–Trinajstić information content (AvgIpc) is 2.70. The summed E-state index contributed by atoms with van der Waals surface area (Å²) in [6.45, 7) is 2.87. The molecule has 0 saturated carbocycles. The number of hydrogen-bond donors (Lipinski definition) is 2. The number of hydrogen-bond acceptors (Lipinski definition) is 3. The maximum Gasteiger partial charge on any atom is 0.319 e. The van der Waals surface area contributed by atoms with Crippen LogP contribution in [-0.4, -0.2) is 38.4 Å². The predicted molar refractivity (Wildman–Crippen MR) is 114 cm³/mol. The molecule has 1 saturated heterocycles. The molecule has 1 atom stereocenters. The molecule has 3 rings (SSSR count). The fraction of sp³-hybridized carbons (Fsp3) is 0.350. The molecule has 9 heteroatoms. The first-order valence-electron chi connectivity index (χ1n) is 9.32. The molecule has 156 valence electrons. The SMILES string of the molecule is Cc1ccc(NC(=O)NCC2CCCN(S(=O)(=O)c3cc(Br)ccc3F)C2)cc1. The molecule has 6 nitrogen and oxygen atoms in total. The Labute approximate surface area is 178 Å². The molecule has 2 N–H and O–H groups in total. The molecule has 1 fully saturated rings. The molecule has 2 aromatic carbocycles. The van der Waals surface area contributed by atoms with E-state index in [0.29, 0.717) is 29.7 Å². The summed E-state index contributed by atoms with van der Waals surface area (Å²) >= 11 is 3.19. The van der Waals surface area contributed by atoms with Crippen LogP contribution in [0.5, 0.6) is 0 Å². The zero-order valence-electron chi connectivity index (χ0n) is 16.0. The number of nitrogens with one attached hydrogen (secondary N) is 2. The Morgan fingerprint density at radius 2 is 1.97 bits per heavy atom. The number of piperidine rings is 1. The Morgan fingerprint density at radius 3 is 2.69 bits per heavy atom. The predicted octanol–water partition coefficient (Wildman–Crippen LogP) is 4.12. The third kappa shape index (κ3) is 5.55. The van der Waals surface area contributed by atoms with Gasteiger partial charge >= 0.3 is 6.03 Å². The van der Waals surface area contributed by atoms with Crippen molar-refractivity contribution in [2.75, 3.05) is 25.0 Å². The first kappa shape index (κ1) is 21.7. The Bertz CT molecular complexity index is 983. The van der Waals surface area contributed by atoms with E-state index in [1.165, 1.54) is 16.4 Å². The number of urea groups is 1. The van der Waals surface area contributed by atoms with E-state index < -0.39 is 15.8 Å². The van der Waals surface area contributed by atoms with Crippen LogP contribution in [0.3, 0.4) is 0 Å². The van der Waals surface area contributed by atoms with Gasteiger partial charge in [0, 0.05) is 29.8 Å². The Morgan fingerprint density at radius 1 is 1.24 bits per heavy atom. The summed E-state index contributed by atoms with van der Waals surface area (Å²) < 4.78 is 41.7. The number of carbonyl (C=O) groups is 1. The topological polar surface area (TPSA) is 78.5 Å². The summed E-state index contributed by atoms with van der Waals surface area (Å²) in [4.78, 5) is 11.8. The van der Waals surface area contributed by atoms with E-state index in [1.807, 2.05) is 31.2 Å². The van der Waals surface area contributed by atoms with Crippen LogP contribution in [0.15, 0.2) is 51.8 Å². The molecule has 0 bridgehead atoms. The highest BCUT2D eigenvalue weighted by Crippen LogP contribution is 2.27. The number of aryl methyl sites for hydroxylation is 1. The zero-order chi connectivity index (χ0) is 21.0. The van der Waals surface area contributed by atoms with E-state index in [2.05, 4.69) is 26.6 Å². The summed E-state index contributed by atoms with van der Waals surface area (Å²) in [6, 6.07) is 11.0. The number of halogens is 2. The second kappa shape index (κ2) is 9.23. The fourth-order valence-electron chi connectivity index (χ4n) is 3.27. The van der Waals surface area contributed by atoms with E-state index in [4.69, 9.17) is 0 Å². The highest BCUT2D eigenvalue weighted by Gasteiger charge is 2.32. The van der Waals surface area contributed by atoms with Crippen LogP contribution in [0.4, 0.5) is 14.9 Å². The standard InChI is InChI=1S/C20H23BrFN3O3S/c1-14-4-7-17(8-5-14)24-20(26)23-12-15-3-2-10-25(13-15)29(27,28)19-11-16(21)6-9-18(19)22/h4-9,11,15H,2-3,10,12-13H2,1H3,(H2,23,24,26). The lowest BCUT2D eigenvalue weighted by molar-refractivity contribution is 0.238. The van der Waals surface area contributed by atoms with Gasteiger partial charge < -0.3 is 10.6 Å². The number of rotatable bonds is 5. The number of amides is 2. The van der Waals surface area contributed by atoms with E-state index >= 15 is 0 Å². The molecule has 1 aliphatic heterocycles. The maximum absolute atomic E-state index is 14.1. The van der Waals surface area contributed by atoms with Crippen molar-refractivity contribution in [1.82, 2.24) is 9.62 Å². The second-order valence-electron chi connectivity index (χ2n) is 7.15. The van der Waals surface area contributed by atoms with Gasteiger partial charge in [0.25, 0.3) is 0 Å². The lowest BCUT2D eigenvalue weighted by Gasteiger charge is -2.32. The van der Waals surface area contributed by atoms with E-state index in [0.717, 1.165) is 18.1 Å². The van der Waals surface area contributed by atoms with Gasteiger partial charge in [-0.2, -0.15) is 4.31 Å². The van der Waals surface area contributed by atoms with Crippen LogP contribution in [0.25, 0.3) is 0 Å². The molecule has 0 aromatic heterocycles. The molecule has 1 unspecified atom stereocenters. The van der Waals surface area contributed by atoms with Crippen molar-refractivity contribution in [2.24, 2.45) is 5.92 Å². The van der Waals surface area contributed by atoms with Crippen LogP contribution < -0.4 is 10.6 Å². The summed E-state index contributed by atoms with van der Waals surface area (Å²) in [6.07, 6.45) is 1.44. The van der Waals surface area contributed by atoms with Crippen molar-refractivity contribution in [2.45, 2.75) is 24.7 Å². The molecule has 0 radical (unpaired) electrons. The Balaban J connectivity index is 1.59. The number of anilines is 1. The van der Waals surface area contributed by atoms with Crippen molar-refractivity contribution in [1.29, 1.82) is 0 Å². The molecule has 29 heavy (non-hydrogen) atoms. The third-order valence-electron chi connectivity index (χ3n) is 4.85. The zero-order valence-corrected chi connectivity index (χ0v) is 18.4. The highest BCUT2D eigenvalue weighted by atomic mass is 79.9. The molecule has 2 amide bonds. The van der Waals surface area contributed by atoms with Crippen molar-refractivity contribution >= 4 is 37.7 Å². The van der Waals surface area contributed by atoms with E-state index in [-0.39, 0.29) is 23.4 Å². The minimum absolute atomic E-state index is 0.0440. The Hall–Kier alpha value is -1.97. The second-order valence-corrected chi connectivity index (χ2v) is 9.97. The number of nitrogens with zero attached hydrogens (tertiary/aromatic N) is 1. The molecular weight excluding hydrogens is 461 g/mol. The minimum Gasteiger partial charge on any atom is -0.338 e. The average molecular weight is 484 g/mol. The Kier molecular flexibility index (Phi) is 6.92. The van der Waals surface area contributed by atoms with Gasteiger partial charge in [-0.3, -0.25) is 0 Å². The van der Waals surface area contributed by atoms with Crippen LogP contribution in [0.1, 0.15) is 18.4 Å². The minimum atomic E-state index is -3.94. The monoisotopic (exact) mass is 483 g/mol. The summed E-state index contributed by atoms with van der Waals surface area (Å²) in [5, 5.41) is 5.55.